The van der Waals surface area contributed by atoms with Crippen LogP contribution < -0.4 is 18.5 Å². The van der Waals surface area contributed by atoms with Gasteiger partial charge in [-0.05, 0) is 63.9 Å². The number of thiazole rings is 1. The Labute approximate surface area is 261 Å². The minimum Gasteiger partial charge on any atom is -0.497 e. The van der Waals surface area contributed by atoms with Crippen LogP contribution in [0.15, 0.2) is 52.9 Å². The van der Waals surface area contributed by atoms with Crippen molar-refractivity contribution in [1.82, 2.24) is 9.88 Å². The number of hydrogen-bond donors (Lipinski definition) is 0. The summed E-state index contributed by atoms with van der Waals surface area (Å²) in [7, 11) is -1.01. The van der Waals surface area contributed by atoms with Gasteiger partial charge in [-0.25, -0.2) is 22.5 Å². The van der Waals surface area contributed by atoms with Crippen LogP contribution >= 0.6 is 22.9 Å². The molecule has 2 aliphatic rings. The molecular weight excluding hydrogens is 614 g/mol. The van der Waals surface area contributed by atoms with Gasteiger partial charge in [-0.15, -0.1) is 11.3 Å². The second-order valence-electron chi connectivity index (χ2n) is 11.6. The van der Waals surface area contributed by atoms with Crippen molar-refractivity contribution in [3.63, 3.8) is 0 Å². The van der Waals surface area contributed by atoms with Gasteiger partial charge in [0.25, 0.3) is 10.0 Å². The van der Waals surface area contributed by atoms with Crippen molar-refractivity contribution < 1.29 is 32.2 Å². The number of rotatable bonds is 9. The van der Waals surface area contributed by atoms with E-state index in [1.165, 1.54) is 34.9 Å². The maximum absolute atomic E-state index is 14.0. The van der Waals surface area contributed by atoms with Gasteiger partial charge < -0.3 is 23.8 Å². The summed E-state index contributed by atoms with van der Waals surface area (Å²) in [5.41, 5.74) is 0.0791. The monoisotopic (exact) mass is 649 g/mol. The van der Waals surface area contributed by atoms with E-state index in [0.717, 1.165) is 12.8 Å². The molecule has 13 heteroatoms. The lowest BCUT2D eigenvalue weighted by Crippen LogP contribution is -2.50. The summed E-state index contributed by atoms with van der Waals surface area (Å²) in [6.07, 6.45) is 4.18. The second kappa shape index (κ2) is 12.4. The van der Waals surface area contributed by atoms with Crippen molar-refractivity contribution in [3.8, 4) is 17.2 Å². The zero-order valence-corrected chi connectivity index (χ0v) is 27.2. The summed E-state index contributed by atoms with van der Waals surface area (Å²) in [6.45, 7) is 5.57. The number of halogens is 1. The Kier molecular flexibility index (Phi) is 9.01. The second-order valence-corrected chi connectivity index (χ2v) is 14.7. The molecule has 2 aromatic carbocycles. The van der Waals surface area contributed by atoms with Crippen LogP contribution in [0, 0.1) is 0 Å². The van der Waals surface area contributed by atoms with E-state index in [1.807, 2.05) is 25.7 Å². The molecule has 0 unspecified atom stereocenters. The lowest BCUT2D eigenvalue weighted by atomic mass is 10.00. The third-order valence-corrected chi connectivity index (χ3v) is 10.5. The molecule has 1 amide bonds. The van der Waals surface area contributed by atoms with Crippen molar-refractivity contribution in [1.29, 1.82) is 0 Å². The van der Waals surface area contributed by atoms with Crippen LogP contribution in [0.4, 0.5) is 9.93 Å². The Balaban J connectivity index is 1.34. The molecule has 2 aliphatic heterocycles. The van der Waals surface area contributed by atoms with Crippen LogP contribution in [0.1, 0.15) is 52.0 Å². The fourth-order valence-electron chi connectivity index (χ4n) is 5.61. The number of aromatic nitrogens is 1. The molecule has 2 bridgehead atoms. The first kappa shape index (κ1) is 31.2. The van der Waals surface area contributed by atoms with Crippen molar-refractivity contribution in [3.05, 3.63) is 58.6 Å². The first-order chi connectivity index (χ1) is 20.4. The highest BCUT2D eigenvalue weighted by molar-refractivity contribution is 7.93. The minimum atomic E-state index is -4.08. The fraction of sp³-hybridized carbons (Fsp3) is 0.467. The number of fused-ring (bicyclic) bond motifs is 2. The number of piperidine rings is 1. The molecule has 0 radical (unpaired) electrons. The normalized spacial score (nSPS) is 20.0. The van der Waals surface area contributed by atoms with Crippen LogP contribution in [0.5, 0.6) is 17.2 Å². The SMILES string of the molecule is COc1ccc(CN(c2nccs2)S(=O)(=O)c2ccc(O[C@H]3C[C@H]4CC[C@@H](C3)N4C(=O)OC(C)(C)C)c(Cl)c2)c(OC)c1. The van der Waals surface area contributed by atoms with Gasteiger partial charge in [0, 0.05) is 48.1 Å². The van der Waals surface area contributed by atoms with Crippen LogP contribution in [0.3, 0.4) is 0 Å². The van der Waals surface area contributed by atoms with E-state index >= 15 is 0 Å². The number of methoxy groups -OCH3 is 2. The van der Waals surface area contributed by atoms with Crippen LogP contribution in [0.2, 0.25) is 5.02 Å². The quantitative estimate of drug-likeness (QED) is 0.258. The average molecular weight is 650 g/mol. The largest absolute Gasteiger partial charge is 0.497 e. The van der Waals surface area contributed by atoms with Gasteiger partial charge >= 0.3 is 6.09 Å². The van der Waals surface area contributed by atoms with Gasteiger partial charge in [0.1, 0.15) is 29.0 Å². The van der Waals surface area contributed by atoms with E-state index in [-0.39, 0.29) is 40.7 Å². The molecule has 0 spiro atoms. The number of hydrogen-bond acceptors (Lipinski definition) is 9. The predicted octanol–water partition coefficient (Wildman–Crippen LogP) is 6.52. The van der Waals surface area contributed by atoms with Gasteiger partial charge in [0.2, 0.25) is 0 Å². The Morgan fingerprint density at radius 3 is 2.37 bits per heavy atom. The van der Waals surface area contributed by atoms with Crippen molar-refractivity contribution in [2.75, 3.05) is 18.5 Å². The summed E-state index contributed by atoms with van der Waals surface area (Å²) in [5.74, 6) is 1.48. The Bertz CT molecular complexity index is 1550. The van der Waals surface area contributed by atoms with E-state index in [0.29, 0.717) is 40.8 Å². The molecule has 3 atom stereocenters. The van der Waals surface area contributed by atoms with Crippen molar-refractivity contribution >= 4 is 44.2 Å². The summed E-state index contributed by atoms with van der Waals surface area (Å²) in [5, 5.41) is 2.21. The first-order valence-corrected chi connectivity index (χ1v) is 16.7. The number of carbonyl (C=O) groups is 1. The van der Waals surface area contributed by atoms with Crippen LogP contribution in [-0.2, 0) is 21.3 Å². The summed E-state index contributed by atoms with van der Waals surface area (Å²) in [4.78, 5) is 18.9. The first-order valence-electron chi connectivity index (χ1n) is 14.0. The van der Waals surface area contributed by atoms with E-state index in [1.54, 1.807) is 43.0 Å². The maximum Gasteiger partial charge on any atom is 0.410 e. The molecule has 43 heavy (non-hydrogen) atoms. The molecule has 5 rings (SSSR count). The minimum absolute atomic E-state index is 0.00680. The number of benzene rings is 2. The van der Waals surface area contributed by atoms with E-state index in [2.05, 4.69) is 4.98 Å². The highest BCUT2D eigenvalue weighted by atomic mass is 35.5. The molecule has 1 aromatic heterocycles. The van der Waals surface area contributed by atoms with Crippen LogP contribution in [0.25, 0.3) is 0 Å². The van der Waals surface area contributed by atoms with E-state index in [4.69, 9.17) is 30.5 Å². The van der Waals surface area contributed by atoms with Crippen molar-refractivity contribution in [2.45, 2.75) is 81.7 Å². The molecule has 10 nitrogen and oxygen atoms in total. The molecule has 0 saturated carbocycles. The topological polar surface area (TPSA) is 108 Å². The molecule has 232 valence electrons. The van der Waals surface area contributed by atoms with Gasteiger partial charge in [-0.2, -0.15) is 0 Å². The van der Waals surface area contributed by atoms with Crippen LogP contribution in [-0.4, -0.2) is 62.4 Å². The van der Waals surface area contributed by atoms with Gasteiger partial charge in [0.05, 0.1) is 30.7 Å². The van der Waals surface area contributed by atoms with E-state index < -0.39 is 15.6 Å². The molecule has 0 N–H and O–H groups in total. The Hall–Kier alpha value is -3.22. The number of anilines is 1. The number of ether oxygens (including phenoxy) is 4. The molecule has 2 saturated heterocycles. The zero-order chi connectivity index (χ0) is 30.9. The number of carbonyl (C=O) groups excluding carboxylic acids is 1. The standard InChI is InChI=1S/C30H36ClN3O7S2/c1-30(2,3)41-29(35)34-20-7-8-21(34)15-23(14-20)40-26-11-10-24(17-25(26)31)43(36,37)33(28-32-12-13-42-28)18-19-6-9-22(38-4)16-27(19)39-5/h6,9-13,16-17,20-21,23H,7-8,14-15,18H2,1-5H3/t20-,21+,23+. The number of nitrogens with zero attached hydrogens (tertiary/aromatic N) is 3. The van der Waals surface area contributed by atoms with Crippen molar-refractivity contribution in [2.24, 2.45) is 0 Å². The van der Waals surface area contributed by atoms with Gasteiger partial charge in [-0.1, -0.05) is 11.6 Å². The highest BCUT2D eigenvalue weighted by Crippen LogP contribution is 2.40. The molecule has 3 heterocycles. The van der Waals surface area contributed by atoms with Gasteiger partial charge in [0.15, 0.2) is 5.13 Å². The average Bonchev–Trinajstić information content (AvgIpc) is 3.58. The smallest absolute Gasteiger partial charge is 0.410 e. The zero-order valence-electron chi connectivity index (χ0n) is 24.8. The summed E-state index contributed by atoms with van der Waals surface area (Å²) in [6, 6.07) is 9.75. The third kappa shape index (κ3) is 6.81. The lowest BCUT2D eigenvalue weighted by molar-refractivity contribution is -0.00707. The summed E-state index contributed by atoms with van der Waals surface area (Å²) >= 11 is 7.84. The molecular formula is C30H36ClN3O7S2. The molecule has 0 aliphatic carbocycles. The third-order valence-electron chi connectivity index (χ3n) is 7.52. The number of sulfonamides is 1. The Morgan fingerprint density at radius 1 is 1.07 bits per heavy atom. The molecule has 3 aromatic rings. The predicted molar refractivity (Wildman–Crippen MR) is 165 cm³/mol. The maximum atomic E-state index is 14.0. The van der Waals surface area contributed by atoms with E-state index in [9.17, 15) is 13.2 Å². The Morgan fingerprint density at radius 2 is 1.79 bits per heavy atom. The number of amides is 1. The van der Waals surface area contributed by atoms with Gasteiger partial charge in [-0.3, -0.25) is 0 Å². The highest BCUT2D eigenvalue weighted by Gasteiger charge is 2.45. The molecule has 2 fully saturated rings. The fourth-order valence-corrected chi connectivity index (χ4v) is 8.20. The lowest BCUT2D eigenvalue weighted by Gasteiger charge is -2.39. The summed E-state index contributed by atoms with van der Waals surface area (Å²) < 4.78 is 51.9.